The van der Waals surface area contributed by atoms with Crippen LogP contribution in [0.25, 0.3) is 0 Å². The molecule has 0 aliphatic carbocycles. The molecule has 0 unspecified atom stereocenters. The Kier molecular flexibility index (Phi) is 6.20. The van der Waals surface area contributed by atoms with Crippen molar-refractivity contribution in [2.24, 2.45) is 0 Å². The van der Waals surface area contributed by atoms with Crippen LogP contribution in [0, 0.1) is 5.82 Å². The first kappa shape index (κ1) is 18.4. The van der Waals surface area contributed by atoms with Gasteiger partial charge in [-0.25, -0.2) is 4.39 Å². The van der Waals surface area contributed by atoms with E-state index in [4.69, 9.17) is 4.98 Å². The number of rotatable bonds is 7. The van der Waals surface area contributed by atoms with E-state index in [1.165, 1.54) is 12.1 Å². The van der Waals surface area contributed by atoms with Crippen molar-refractivity contribution < 1.29 is 4.39 Å². The van der Waals surface area contributed by atoms with Crippen molar-refractivity contribution in [1.29, 1.82) is 0 Å². The number of hydrogen-bond donors (Lipinski definition) is 0. The van der Waals surface area contributed by atoms with E-state index in [1.54, 1.807) is 6.20 Å². The van der Waals surface area contributed by atoms with Gasteiger partial charge in [-0.3, -0.25) is 0 Å². The Morgan fingerprint density at radius 3 is 2.19 bits per heavy atom. The Morgan fingerprint density at radius 2 is 1.58 bits per heavy atom. The van der Waals surface area contributed by atoms with E-state index in [9.17, 15) is 4.39 Å². The summed E-state index contributed by atoms with van der Waals surface area (Å²) in [4.78, 5) is 11.5. The first-order chi connectivity index (χ1) is 12.7. The highest BCUT2D eigenvalue weighted by Crippen LogP contribution is 2.20. The molecule has 140 valence electrons. The molecule has 0 saturated carbocycles. The minimum Gasteiger partial charge on any atom is -0.368 e. The highest BCUT2D eigenvalue weighted by Gasteiger charge is 2.20. The summed E-state index contributed by atoms with van der Waals surface area (Å²) in [7, 11) is 0. The van der Waals surface area contributed by atoms with E-state index in [2.05, 4.69) is 38.7 Å². The largest absolute Gasteiger partial charge is 0.368 e. The summed E-state index contributed by atoms with van der Waals surface area (Å²) in [6.07, 6.45) is 3.86. The van der Waals surface area contributed by atoms with E-state index >= 15 is 0 Å². The van der Waals surface area contributed by atoms with Crippen molar-refractivity contribution in [3.05, 3.63) is 36.3 Å². The molecule has 1 fully saturated rings. The molecule has 0 amide bonds. The lowest BCUT2D eigenvalue weighted by Crippen LogP contribution is -2.47. The van der Waals surface area contributed by atoms with Gasteiger partial charge in [-0.1, -0.05) is 13.8 Å². The number of halogens is 1. The third kappa shape index (κ3) is 4.39. The molecule has 0 N–H and O–H groups in total. The molecular formula is C19H27FN6. The van der Waals surface area contributed by atoms with E-state index in [-0.39, 0.29) is 5.82 Å². The van der Waals surface area contributed by atoms with Gasteiger partial charge < -0.3 is 14.7 Å². The molecule has 2 heterocycles. The van der Waals surface area contributed by atoms with Crippen LogP contribution in [0.2, 0.25) is 0 Å². The molecule has 3 rings (SSSR count). The average Bonchev–Trinajstić information content (AvgIpc) is 2.69. The molecule has 1 aromatic carbocycles. The van der Waals surface area contributed by atoms with Gasteiger partial charge in [-0.15, -0.1) is 5.10 Å². The Bertz CT molecular complexity index is 679. The zero-order valence-corrected chi connectivity index (χ0v) is 15.6. The third-order valence-electron chi connectivity index (χ3n) is 4.60. The number of piperazine rings is 1. The van der Waals surface area contributed by atoms with Crippen LogP contribution in [0.1, 0.15) is 26.7 Å². The lowest BCUT2D eigenvalue weighted by Gasteiger charge is -2.36. The van der Waals surface area contributed by atoms with E-state index < -0.39 is 0 Å². The summed E-state index contributed by atoms with van der Waals surface area (Å²) in [6.45, 7) is 9.67. The van der Waals surface area contributed by atoms with Gasteiger partial charge in [0, 0.05) is 45.0 Å². The second kappa shape index (κ2) is 8.78. The summed E-state index contributed by atoms with van der Waals surface area (Å²) in [5.74, 6) is 1.40. The van der Waals surface area contributed by atoms with Crippen molar-refractivity contribution in [3.8, 4) is 0 Å². The van der Waals surface area contributed by atoms with Crippen molar-refractivity contribution in [1.82, 2.24) is 15.2 Å². The second-order valence-corrected chi connectivity index (χ2v) is 6.55. The molecule has 0 atom stereocenters. The van der Waals surface area contributed by atoms with Crippen LogP contribution in [-0.2, 0) is 0 Å². The average molecular weight is 358 g/mol. The molecule has 1 aliphatic rings. The quantitative estimate of drug-likeness (QED) is 0.758. The fourth-order valence-electron chi connectivity index (χ4n) is 3.27. The van der Waals surface area contributed by atoms with Gasteiger partial charge in [-0.05, 0) is 37.1 Å². The Labute approximate surface area is 154 Å². The van der Waals surface area contributed by atoms with Gasteiger partial charge >= 0.3 is 0 Å². The second-order valence-electron chi connectivity index (χ2n) is 6.55. The van der Waals surface area contributed by atoms with Crippen molar-refractivity contribution in [2.75, 3.05) is 54.0 Å². The Balaban J connectivity index is 1.65. The fraction of sp³-hybridized carbons (Fsp3) is 0.526. The normalized spacial score (nSPS) is 14.6. The number of benzene rings is 1. The van der Waals surface area contributed by atoms with Crippen LogP contribution >= 0.6 is 0 Å². The van der Waals surface area contributed by atoms with Gasteiger partial charge in [0.25, 0.3) is 0 Å². The number of nitrogens with zero attached hydrogens (tertiary/aromatic N) is 6. The molecule has 1 saturated heterocycles. The summed E-state index contributed by atoms with van der Waals surface area (Å²) >= 11 is 0. The molecule has 2 aromatic rings. The first-order valence-electron chi connectivity index (χ1n) is 9.41. The standard InChI is InChI=1S/C19H27FN6/c1-3-9-26(10-4-2)19-22-18(15-21-23-19)25-13-11-24(12-14-25)17-7-5-16(20)6-8-17/h5-8,15H,3-4,9-14H2,1-2H3. The van der Waals surface area contributed by atoms with E-state index in [1.807, 2.05) is 12.1 Å². The highest BCUT2D eigenvalue weighted by molar-refractivity contribution is 5.49. The monoisotopic (exact) mass is 358 g/mol. The molecule has 0 bridgehead atoms. The summed E-state index contributed by atoms with van der Waals surface area (Å²) < 4.78 is 13.1. The lowest BCUT2D eigenvalue weighted by molar-refractivity contribution is 0.623. The topological polar surface area (TPSA) is 48.4 Å². The summed E-state index contributed by atoms with van der Waals surface area (Å²) in [5, 5.41) is 8.42. The lowest BCUT2D eigenvalue weighted by atomic mass is 10.2. The first-order valence-corrected chi connectivity index (χ1v) is 9.41. The molecule has 0 radical (unpaired) electrons. The van der Waals surface area contributed by atoms with Gasteiger partial charge in [0.15, 0.2) is 5.82 Å². The predicted octanol–water partition coefficient (Wildman–Crippen LogP) is 2.96. The molecule has 26 heavy (non-hydrogen) atoms. The summed E-state index contributed by atoms with van der Waals surface area (Å²) in [6, 6.07) is 6.70. The smallest absolute Gasteiger partial charge is 0.247 e. The molecule has 1 aromatic heterocycles. The number of anilines is 3. The third-order valence-corrected chi connectivity index (χ3v) is 4.60. The molecule has 0 spiro atoms. The SMILES string of the molecule is CCCN(CCC)c1nncc(N2CCN(c3ccc(F)cc3)CC2)n1. The van der Waals surface area contributed by atoms with Gasteiger partial charge in [0.1, 0.15) is 5.82 Å². The van der Waals surface area contributed by atoms with Crippen LogP contribution in [0.3, 0.4) is 0 Å². The molecule has 1 aliphatic heterocycles. The molecule has 6 nitrogen and oxygen atoms in total. The molecule has 7 heteroatoms. The Hall–Kier alpha value is -2.44. The zero-order chi connectivity index (χ0) is 18.4. The maximum Gasteiger partial charge on any atom is 0.247 e. The van der Waals surface area contributed by atoms with Crippen molar-refractivity contribution in [3.63, 3.8) is 0 Å². The van der Waals surface area contributed by atoms with Crippen LogP contribution < -0.4 is 14.7 Å². The highest BCUT2D eigenvalue weighted by atomic mass is 19.1. The van der Waals surface area contributed by atoms with Gasteiger partial charge in [0.2, 0.25) is 5.95 Å². The minimum absolute atomic E-state index is 0.198. The van der Waals surface area contributed by atoms with Gasteiger partial charge in [-0.2, -0.15) is 10.1 Å². The van der Waals surface area contributed by atoms with E-state index in [0.29, 0.717) is 5.95 Å². The maximum absolute atomic E-state index is 13.1. The zero-order valence-electron chi connectivity index (χ0n) is 15.6. The fourth-order valence-corrected chi connectivity index (χ4v) is 3.27. The minimum atomic E-state index is -0.198. The summed E-state index contributed by atoms with van der Waals surface area (Å²) in [5.41, 5.74) is 1.06. The van der Waals surface area contributed by atoms with Crippen LogP contribution in [0.15, 0.2) is 30.5 Å². The van der Waals surface area contributed by atoms with Crippen LogP contribution in [0.5, 0.6) is 0 Å². The Morgan fingerprint density at radius 1 is 0.962 bits per heavy atom. The predicted molar refractivity (Wildman–Crippen MR) is 103 cm³/mol. The number of hydrogen-bond acceptors (Lipinski definition) is 6. The van der Waals surface area contributed by atoms with Crippen molar-refractivity contribution >= 4 is 17.5 Å². The number of aromatic nitrogens is 3. The molecular weight excluding hydrogens is 331 g/mol. The van der Waals surface area contributed by atoms with E-state index in [0.717, 1.165) is 63.6 Å². The van der Waals surface area contributed by atoms with Gasteiger partial charge in [0.05, 0.1) is 6.20 Å². The van der Waals surface area contributed by atoms with Crippen LogP contribution in [-0.4, -0.2) is 54.4 Å². The van der Waals surface area contributed by atoms with Crippen molar-refractivity contribution in [2.45, 2.75) is 26.7 Å². The maximum atomic E-state index is 13.1. The van der Waals surface area contributed by atoms with Crippen LogP contribution in [0.4, 0.5) is 21.8 Å².